The number of morpholine rings is 1. The van der Waals surface area contributed by atoms with Crippen LogP contribution in [0.25, 0.3) is 0 Å². The quantitative estimate of drug-likeness (QED) is 0.596. The Morgan fingerprint density at radius 3 is 2.48 bits per heavy atom. The second kappa shape index (κ2) is 6.79. The van der Waals surface area contributed by atoms with Crippen molar-refractivity contribution in [2.45, 2.75) is 25.4 Å². The van der Waals surface area contributed by atoms with E-state index in [1.807, 2.05) is 0 Å². The van der Waals surface area contributed by atoms with E-state index >= 15 is 0 Å². The van der Waals surface area contributed by atoms with Gasteiger partial charge >= 0.3 is 0 Å². The fourth-order valence-electron chi connectivity index (χ4n) is 3.54. The van der Waals surface area contributed by atoms with Gasteiger partial charge in [-0.15, -0.1) is 0 Å². The van der Waals surface area contributed by atoms with Gasteiger partial charge in [0.15, 0.2) is 0 Å². The molecule has 2 saturated heterocycles. The molecular formula is C17H21N3O5. The molecule has 0 radical (unpaired) electrons. The monoisotopic (exact) mass is 347 g/mol. The normalized spacial score (nSPS) is 23.6. The predicted octanol–water partition coefficient (Wildman–Crippen LogP) is 1.45. The molecule has 2 aliphatic heterocycles. The smallest absolute Gasteiger partial charge is 0.269 e. The molecule has 2 amide bonds. The summed E-state index contributed by atoms with van der Waals surface area (Å²) in [6.07, 6.45) is 1.60. The molecule has 3 rings (SSSR count). The Kier molecular flexibility index (Phi) is 4.71. The lowest BCUT2D eigenvalue weighted by atomic mass is 9.90. The fraction of sp³-hybridized carbons (Fsp3) is 0.529. The zero-order chi connectivity index (χ0) is 18.0. The summed E-state index contributed by atoms with van der Waals surface area (Å²) in [6.45, 7) is 4.12. The SMILES string of the molecule is CC(=O)N1CCOC2(CCCN(C(=O)c3ccc([N+](=O)[O-])cc3)C2)C1. The molecule has 0 bridgehead atoms. The number of hydrogen-bond acceptors (Lipinski definition) is 5. The standard InChI is InChI=1S/C17H21N3O5/c1-13(21)18-9-10-25-17(11-18)7-2-8-19(12-17)16(22)14-3-5-15(6-4-14)20(23)24/h3-6H,2,7-12H2,1H3. The number of benzene rings is 1. The van der Waals surface area contributed by atoms with Crippen LogP contribution in [-0.2, 0) is 9.53 Å². The lowest BCUT2D eigenvalue weighted by molar-refractivity contribution is -0.384. The number of carbonyl (C=O) groups is 2. The number of nitro benzene ring substituents is 1. The molecule has 1 aromatic carbocycles. The summed E-state index contributed by atoms with van der Waals surface area (Å²) in [6, 6.07) is 5.62. The van der Waals surface area contributed by atoms with E-state index in [1.54, 1.807) is 16.7 Å². The van der Waals surface area contributed by atoms with Crippen LogP contribution in [0.4, 0.5) is 5.69 Å². The van der Waals surface area contributed by atoms with Crippen molar-refractivity contribution in [3.8, 4) is 0 Å². The zero-order valence-corrected chi connectivity index (χ0v) is 14.1. The third-order valence-electron chi connectivity index (χ3n) is 4.85. The molecular weight excluding hydrogens is 326 g/mol. The number of nitrogens with zero attached hydrogens (tertiary/aromatic N) is 3. The van der Waals surface area contributed by atoms with Crippen LogP contribution in [-0.4, -0.2) is 64.9 Å². The predicted molar refractivity (Wildman–Crippen MR) is 89.2 cm³/mol. The molecule has 0 aliphatic carbocycles. The third-order valence-corrected chi connectivity index (χ3v) is 4.85. The molecule has 1 aromatic rings. The minimum atomic E-state index is -0.515. The van der Waals surface area contributed by atoms with Crippen molar-refractivity contribution < 1.29 is 19.2 Å². The van der Waals surface area contributed by atoms with Gasteiger partial charge in [0.1, 0.15) is 5.60 Å². The van der Waals surface area contributed by atoms with Crippen LogP contribution in [0.15, 0.2) is 24.3 Å². The van der Waals surface area contributed by atoms with Gasteiger partial charge < -0.3 is 14.5 Å². The molecule has 2 aliphatic rings. The second-order valence-corrected chi connectivity index (χ2v) is 6.61. The molecule has 1 spiro atoms. The van der Waals surface area contributed by atoms with Gasteiger partial charge in [0.05, 0.1) is 24.6 Å². The molecule has 1 atom stereocenters. The molecule has 8 heteroatoms. The number of piperidine rings is 1. The van der Waals surface area contributed by atoms with Gasteiger partial charge in [-0.1, -0.05) is 0 Å². The zero-order valence-electron chi connectivity index (χ0n) is 14.1. The Hall–Kier alpha value is -2.48. The lowest BCUT2D eigenvalue weighted by Gasteiger charge is -2.47. The third kappa shape index (κ3) is 3.63. The first-order chi connectivity index (χ1) is 11.9. The topological polar surface area (TPSA) is 93.0 Å². The molecule has 0 aromatic heterocycles. The van der Waals surface area contributed by atoms with Gasteiger partial charge in [-0.25, -0.2) is 0 Å². The molecule has 0 N–H and O–H groups in total. The Morgan fingerprint density at radius 2 is 1.84 bits per heavy atom. The maximum atomic E-state index is 12.7. The number of amides is 2. The first-order valence-corrected chi connectivity index (χ1v) is 8.33. The summed E-state index contributed by atoms with van der Waals surface area (Å²) in [5.74, 6) is -0.154. The molecule has 134 valence electrons. The van der Waals surface area contributed by atoms with Crippen LogP contribution < -0.4 is 0 Å². The van der Waals surface area contributed by atoms with Crippen molar-refractivity contribution in [1.29, 1.82) is 0 Å². The number of non-ortho nitro benzene ring substituents is 1. The largest absolute Gasteiger partial charge is 0.369 e. The van der Waals surface area contributed by atoms with Crippen molar-refractivity contribution in [2.24, 2.45) is 0 Å². The van der Waals surface area contributed by atoms with Crippen LogP contribution in [0.2, 0.25) is 0 Å². The van der Waals surface area contributed by atoms with Crippen LogP contribution in [0, 0.1) is 10.1 Å². The number of likely N-dealkylation sites (tertiary alicyclic amines) is 1. The first-order valence-electron chi connectivity index (χ1n) is 8.33. The Balaban J connectivity index is 1.73. The maximum Gasteiger partial charge on any atom is 0.269 e. The van der Waals surface area contributed by atoms with E-state index in [2.05, 4.69) is 0 Å². The average molecular weight is 347 g/mol. The number of carbonyl (C=O) groups excluding carboxylic acids is 2. The highest BCUT2D eigenvalue weighted by Crippen LogP contribution is 2.30. The molecule has 2 heterocycles. The second-order valence-electron chi connectivity index (χ2n) is 6.61. The summed E-state index contributed by atoms with van der Waals surface area (Å²) < 4.78 is 5.98. The van der Waals surface area contributed by atoms with E-state index in [4.69, 9.17) is 4.74 Å². The van der Waals surface area contributed by atoms with E-state index in [9.17, 15) is 19.7 Å². The van der Waals surface area contributed by atoms with Crippen molar-refractivity contribution in [2.75, 3.05) is 32.8 Å². The number of rotatable bonds is 2. The van der Waals surface area contributed by atoms with E-state index in [0.717, 1.165) is 12.8 Å². The fourth-order valence-corrected chi connectivity index (χ4v) is 3.54. The molecule has 8 nitrogen and oxygen atoms in total. The maximum absolute atomic E-state index is 12.7. The average Bonchev–Trinajstić information content (AvgIpc) is 2.61. The number of hydrogen-bond donors (Lipinski definition) is 0. The Morgan fingerprint density at radius 1 is 1.16 bits per heavy atom. The van der Waals surface area contributed by atoms with Crippen LogP contribution in [0.1, 0.15) is 30.1 Å². The highest BCUT2D eigenvalue weighted by atomic mass is 16.6. The van der Waals surface area contributed by atoms with Gasteiger partial charge in [-0.3, -0.25) is 19.7 Å². The van der Waals surface area contributed by atoms with Gasteiger partial charge in [-0.2, -0.15) is 0 Å². The minimum absolute atomic E-state index is 0.0153. The van der Waals surface area contributed by atoms with E-state index in [-0.39, 0.29) is 17.5 Å². The van der Waals surface area contributed by atoms with Crippen LogP contribution in [0.3, 0.4) is 0 Å². The van der Waals surface area contributed by atoms with Gasteiger partial charge in [0.2, 0.25) is 5.91 Å². The summed E-state index contributed by atoms with van der Waals surface area (Å²) in [4.78, 5) is 38.2. The number of ether oxygens (including phenoxy) is 1. The molecule has 0 saturated carbocycles. The summed E-state index contributed by atoms with van der Waals surface area (Å²) in [5.41, 5.74) is -0.139. The van der Waals surface area contributed by atoms with Gasteiger partial charge in [0, 0.05) is 37.7 Å². The van der Waals surface area contributed by atoms with E-state index in [0.29, 0.717) is 38.3 Å². The molecule has 25 heavy (non-hydrogen) atoms. The van der Waals surface area contributed by atoms with Gasteiger partial charge in [-0.05, 0) is 25.0 Å². The summed E-state index contributed by atoms with van der Waals surface area (Å²) in [7, 11) is 0. The van der Waals surface area contributed by atoms with Crippen LogP contribution >= 0.6 is 0 Å². The van der Waals surface area contributed by atoms with Crippen molar-refractivity contribution in [3.05, 3.63) is 39.9 Å². The highest BCUT2D eigenvalue weighted by molar-refractivity contribution is 5.94. The van der Waals surface area contributed by atoms with Gasteiger partial charge in [0.25, 0.3) is 11.6 Å². The van der Waals surface area contributed by atoms with Crippen molar-refractivity contribution in [1.82, 2.24) is 9.80 Å². The van der Waals surface area contributed by atoms with E-state index in [1.165, 1.54) is 24.3 Å². The van der Waals surface area contributed by atoms with Crippen molar-refractivity contribution >= 4 is 17.5 Å². The number of nitro groups is 1. The minimum Gasteiger partial charge on any atom is -0.369 e. The van der Waals surface area contributed by atoms with E-state index < -0.39 is 10.5 Å². The Labute approximate surface area is 145 Å². The summed E-state index contributed by atoms with van der Waals surface area (Å²) in [5, 5.41) is 10.7. The van der Waals surface area contributed by atoms with Crippen LogP contribution in [0.5, 0.6) is 0 Å². The molecule has 2 fully saturated rings. The highest BCUT2D eigenvalue weighted by Gasteiger charge is 2.42. The summed E-state index contributed by atoms with van der Waals surface area (Å²) >= 11 is 0. The lowest BCUT2D eigenvalue weighted by Crippen LogP contribution is -2.61. The Bertz CT molecular complexity index is 686. The van der Waals surface area contributed by atoms with Crippen molar-refractivity contribution in [3.63, 3.8) is 0 Å². The first kappa shape index (κ1) is 17.3. The molecule has 1 unspecified atom stereocenters.